The minimum atomic E-state index is 0.748. The summed E-state index contributed by atoms with van der Waals surface area (Å²) in [5.74, 6) is 0.748. The van der Waals surface area contributed by atoms with E-state index in [0.29, 0.717) is 0 Å². The third-order valence-corrected chi connectivity index (χ3v) is 2.59. The lowest BCUT2D eigenvalue weighted by Crippen LogP contribution is -1.88. The Bertz CT molecular complexity index is 632. The molecule has 18 heavy (non-hydrogen) atoms. The lowest BCUT2D eigenvalue weighted by atomic mass is 10.1. The van der Waals surface area contributed by atoms with Gasteiger partial charge in [-0.15, -0.1) is 0 Å². The summed E-state index contributed by atoms with van der Waals surface area (Å²) >= 11 is 0. The summed E-state index contributed by atoms with van der Waals surface area (Å²) in [5, 5.41) is 7.27. The highest BCUT2D eigenvalue weighted by molar-refractivity contribution is 5.89. The van der Waals surface area contributed by atoms with Crippen molar-refractivity contribution in [3.8, 4) is 0 Å². The van der Waals surface area contributed by atoms with Crippen molar-refractivity contribution in [2.45, 2.75) is 20.8 Å². The van der Waals surface area contributed by atoms with Gasteiger partial charge in [-0.3, -0.25) is 5.10 Å². The lowest BCUT2D eigenvalue weighted by molar-refractivity contribution is 1.08. The van der Waals surface area contributed by atoms with Crippen LogP contribution in [0.5, 0.6) is 0 Å². The molecule has 0 saturated heterocycles. The van der Waals surface area contributed by atoms with E-state index >= 15 is 0 Å². The van der Waals surface area contributed by atoms with Gasteiger partial charge in [0.25, 0.3) is 0 Å². The maximum Gasteiger partial charge on any atom is 0.126 e. The Morgan fingerprint density at radius 1 is 1.28 bits per heavy atom. The minimum absolute atomic E-state index is 0.748. The number of hydrogen-bond acceptors (Lipinski definition) is 3. The molecule has 0 amide bonds. The highest BCUT2D eigenvalue weighted by Gasteiger charge is 2.09. The Morgan fingerprint density at radius 2 is 2.11 bits per heavy atom. The summed E-state index contributed by atoms with van der Waals surface area (Å²) in [6, 6.07) is 0. The van der Waals surface area contributed by atoms with Gasteiger partial charge in [-0.05, 0) is 26.3 Å². The van der Waals surface area contributed by atoms with E-state index in [4.69, 9.17) is 0 Å². The molecule has 0 fully saturated rings. The highest BCUT2D eigenvalue weighted by atomic mass is 15.1. The van der Waals surface area contributed by atoms with Crippen molar-refractivity contribution in [3.63, 3.8) is 0 Å². The van der Waals surface area contributed by atoms with Crippen LogP contribution in [0.3, 0.4) is 0 Å². The molecule has 0 aliphatic heterocycles. The molecule has 2 rings (SSSR count). The summed E-state index contributed by atoms with van der Waals surface area (Å²) in [4.78, 5) is 8.59. The van der Waals surface area contributed by atoms with E-state index in [0.717, 1.165) is 28.1 Å². The largest absolute Gasteiger partial charge is 0.274 e. The van der Waals surface area contributed by atoms with Crippen LogP contribution in [-0.2, 0) is 0 Å². The normalized spacial score (nSPS) is 13.2. The fourth-order valence-corrected chi connectivity index (χ4v) is 1.68. The predicted octanol–water partition coefficient (Wildman–Crippen LogP) is 3.20. The second-order valence-electron chi connectivity index (χ2n) is 3.88. The molecule has 4 nitrogen and oxygen atoms in total. The Balaban J connectivity index is 2.49. The van der Waals surface area contributed by atoms with E-state index in [9.17, 15) is 0 Å². The maximum absolute atomic E-state index is 4.44. The van der Waals surface area contributed by atoms with Gasteiger partial charge in [0.15, 0.2) is 0 Å². The number of nitrogens with zero attached hydrogens (tertiary/aromatic N) is 3. The molecule has 0 radical (unpaired) electrons. The maximum atomic E-state index is 4.44. The number of fused-ring (bicyclic) bond motifs is 1. The van der Waals surface area contributed by atoms with Gasteiger partial charge in [-0.25, -0.2) is 9.97 Å². The van der Waals surface area contributed by atoms with E-state index in [-0.39, 0.29) is 0 Å². The van der Waals surface area contributed by atoms with Crippen molar-refractivity contribution in [3.05, 3.63) is 48.1 Å². The van der Waals surface area contributed by atoms with Crippen LogP contribution in [0.15, 0.2) is 36.6 Å². The van der Waals surface area contributed by atoms with Gasteiger partial charge < -0.3 is 0 Å². The molecule has 1 N–H and O–H groups in total. The Hall–Kier alpha value is -2.23. The number of aromatic amines is 1. The molecule has 0 aliphatic carbocycles. The average molecular weight is 240 g/mol. The van der Waals surface area contributed by atoms with Crippen molar-refractivity contribution < 1.29 is 0 Å². The van der Waals surface area contributed by atoms with Crippen molar-refractivity contribution >= 4 is 16.6 Å². The SMILES string of the molecule is C\C=C/C=C\C(=C/C)c1n[nH]c2cnc(C)nc12. The zero-order valence-electron chi connectivity index (χ0n) is 10.8. The van der Waals surface area contributed by atoms with E-state index in [2.05, 4.69) is 20.2 Å². The number of aromatic nitrogens is 4. The first kappa shape index (κ1) is 12.2. The third-order valence-electron chi connectivity index (χ3n) is 2.59. The van der Waals surface area contributed by atoms with Gasteiger partial charge in [0, 0.05) is 0 Å². The van der Waals surface area contributed by atoms with E-state index < -0.39 is 0 Å². The molecule has 2 heterocycles. The van der Waals surface area contributed by atoms with Gasteiger partial charge in [-0.2, -0.15) is 5.10 Å². The zero-order valence-corrected chi connectivity index (χ0v) is 10.8. The van der Waals surface area contributed by atoms with Crippen LogP contribution < -0.4 is 0 Å². The molecule has 2 aromatic rings. The van der Waals surface area contributed by atoms with Crippen LogP contribution in [0.2, 0.25) is 0 Å². The van der Waals surface area contributed by atoms with Crippen LogP contribution in [0.1, 0.15) is 25.4 Å². The monoisotopic (exact) mass is 240 g/mol. The summed E-state index contributed by atoms with van der Waals surface area (Å²) in [6.45, 7) is 5.85. The predicted molar refractivity (Wildman–Crippen MR) is 74.0 cm³/mol. The first-order valence-corrected chi connectivity index (χ1v) is 5.90. The van der Waals surface area contributed by atoms with E-state index in [1.807, 2.05) is 51.2 Å². The van der Waals surface area contributed by atoms with Crippen molar-refractivity contribution in [2.75, 3.05) is 0 Å². The fraction of sp³-hybridized carbons (Fsp3) is 0.214. The molecule has 0 aromatic carbocycles. The molecular weight excluding hydrogens is 224 g/mol. The molecule has 0 atom stereocenters. The summed E-state index contributed by atoms with van der Waals surface area (Å²) < 4.78 is 0. The number of hydrogen-bond donors (Lipinski definition) is 1. The Labute approximate surface area is 106 Å². The number of allylic oxidation sites excluding steroid dienone is 6. The van der Waals surface area contributed by atoms with Gasteiger partial charge in [0.05, 0.1) is 6.20 Å². The van der Waals surface area contributed by atoms with Crippen LogP contribution in [0.25, 0.3) is 16.6 Å². The van der Waals surface area contributed by atoms with Crippen LogP contribution in [-0.4, -0.2) is 20.2 Å². The number of nitrogens with one attached hydrogen (secondary N) is 1. The topological polar surface area (TPSA) is 54.5 Å². The zero-order chi connectivity index (χ0) is 13.0. The van der Waals surface area contributed by atoms with E-state index in [1.165, 1.54) is 0 Å². The molecule has 4 heteroatoms. The van der Waals surface area contributed by atoms with Gasteiger partial charge in [-0.1, -0.05) is 30.4 Å². The quantitative estimate of drug-likeness (QED) is 0.838. The van der Waals surface area contributed by atoms with Crippen LogP contribution in [0, 0.1) is 6.92 Å². The molecule has 0 bridgehead atoms. The van der Waals surface area contributed by atoms with Gasteiger partial charge in [0.1, 0.15) is 22.6 Å². The first-order chi connectivity index (χ1) is 8.76. The third kappa shape index (κ3) is 2.37. The van der Waals surface area contributed by atoms with Crippen molar-refractivity contribution in [1.29, 1.82) is 0 Å². The lowest BCUT2D eigenvalue weighted by Gasteiger charge is -1.97. The molecular formula is C14H16N4. The molecule has 2 aromatic heterocycles. The van der Waals surface area contributed by atoms with Crippen LogP contribution in [0.4, 0.5) is 0 Å². The van der Waals surface area contributed by atoms with Crippen molar-refractivity contribution in [1.82, 2.24) is 20.2 Å². The number of rotatable bonds is 3. The molecule has 92 valence electrons. The number of aryl methyl sites for hydroxylation is 1. The van der Waals surface area contributed by atoms with Crippen molar-refractivity contribution in [2.24, 2.45) is 0 Å². The Morgan fingerprint density at radius 3 is 2.83 bits per heavy atom. The van der Waals surface area contributed by atoms with Gasteiger partial charge >= 0.3 is 0 Å². The smallest absolute Gasteiger partial charge is 0.126 e. The molecule has 0 saturated carbocycles. The highest BCUT2D eigenvalue weighted by Crippen LogP contribution is 2.21. The molecule has 0 unspecified atom stereocenters. The second-order valence-corrected chi connectivity index (χ2v) is 3.88. The fourth-order valence-electron chi connectivity index (χ4n) is 1.68. The summed E-state index contributed by atoms with van der Waals surface area (Å²) in [7, 11) is 0. The minimum Gasteiger partial charge on any atom is -0.274 e. The molecule has 0 aliphatic rings. The Kier molecular flexibility index (Phi) is 3.67. The standard InChI is InChI=1S/C14H16N4/c1-4-6-7-8-11(5-2)13-14-12(17-18-13)9-15-10(3)16-14/h4-9H,1-3H3,(H,17,18)/b6-4-,8-7-,11-5+. The second kappa shape index (κ2) is 5.40. The van der Waals surface area contributed by atoms with E-state index in [1.54, 1.807) is 6.20 Å². The average Bonchev–Trinajstić information content (AvgIpc) is 2.78. The van der Waals surface area contributed by atoms with Gasteiger partial charge in [0.2, 0.25) is 0 Å². The molecule has 0 spiro atoms. The first-order valence-electron chi connectivity index (χ1n) is 5.90. The summed E-state index contributed by atoms with van der Waals surface area (Å²) in [5.41, 5.74) is 3.62. The number of H-pyrrole nitrogens is 1. The van der Waals surface area contributed by atoms with Crippen LogP contribution >= 0.6 is 0 Å². The summed E-state index contributed by atoms with van der Waals surface area (Å²) in [6.07, 6.45) is 11.8.